The van der Waals surface area contributed by atoms with E-state index in [-0.39, 0.29) is 11.7 Å². The Labute approximate surface area is 94.2 Å². The highest BCUT2D eigenvalue weighted by molar-refractivity contribution is 9.10. The highest BCUT2D eigenvalue weighted by Crippen LogP contribution is 2.12. The van der Waals surface area contributed by atoms with Crippen molar-refractivity contribution in [3.63, 3.8) is 0 Å². The quantitative estimate of drug-likeness (QED) is 0.853. The van der Waals surface area contributed by atoms with Gasteiger partial charge in [-0.15, -0.1) is 0 Å². The van der Waals surface area contributed by atoms with E-state index in [1.165, 1.54) is 10.8 Å². The van der Waals surface area contributed by atoms with Crippen molar-refractivity contribution < 1.29 is 4.74 Å². The molecule has 1 unspecified atom stereocenters. The molecule has 1 aromatic heterocycles. The van der Waals surface area contributed by atoms with Crippen LogP contribution in [0.1, 0.15) is 12.8 Å². The standard InChI is InChI=1S/C9H11BrN2O3/c10-7-4-11-9(14)12(8(7)13)5-6-2-1-3-15-6/h4,6H,1-3,5H2,(H,11,14). The van der Waals surface area contributed by atoms with Crippen LogP contribution >= 0.6 is 15.9 Å². The van der Waals surface area contributed by atoms with Crippen molar-refractivity contribution >= 4 is 15.9 Å². The topological polar surface area (TPSA) is 64.1 Å². The molecule has 0 bridgehead atoms. The van der Waals surface area contributed by atoms with Gasteiger partial charge in [0.1, 0.15) is 0 Å². The molecule has 15 heavy (non-hydrogen) atoms. The summed E-state index contributed by atoms with van der Waals surface area (Å²) in [4.78, 5) is 25.5. The molecule has 1 aliphatic rings. The number of ether oxygens (including phenoxy) is 1. The average molecular weight is 275 g/mol. The van der Waals surface area contributed by atoms with Crippen LogP contribution in [0.4, 0.5) is 0 Å². The fourth-order valence-electron chi connectivity index (χ4n) is 1.64. The van der Waals surface area contributed by atoms with Gasteiger partial charge in [0.15, 0.2) is 0 Å². The van der Waals surface area contributed by atoms with E-state index in [4.69, 9.17) is 4.74 Å². The summed E-state index contributed by atoms with van der Waals surface area (Å²) in [6.07, 6.45) is 3.23. The van der Waals surface area contributed by atoms with Crippen molar-refractivity contribution in [2.45, 2.75) is 25.5 Å². The van der Waals surface area contributed by atoms with Gasteiger partial charge in [0.25, 0.3) is 5.56 Å². The van der Waals surface area contributed by atoms with Crippen LogP contribution in [0.3, 0.4) is 0 Å². The molecule has 2 rings (SSSR count). The maximum atomic E-state index is 11.6. The van der Waals surface area contributed by atoms with Gasteiger partial charge in [-0.05, 0) is 28.8 Å². The first-order chi connectivity index (χ1) is 7.18. The number of nitrogens with one attached hydrogen (secondary N) is 1. The van der Waals surface area contributed by atoms with E-state index in [2.05, 4.69) is 20.9 Å². The number of H-pyrrole nitrogens is 1. The van der Waals surface area contributed by atoms with Crippen molar-refractivity contribution in [3.8, 4) is 0 Å². The minimum atomic E-state index is -0.390. The number of hydrogen-bond acceptors (Lipinski definition) is 3. The van der Waals surface area contributed by atoms with Crippen LogP contribution in [0, 0.1) is 0 Å². The van der Waals surface area contributed by atoms with Gasteiger partial charge in [0.05, 0.1) is 17.1 Å². The lowest BCUT2D eigenvalue weighted by Crippen LogP contribution is -2.38. The number of halogens is 1. The molecule has 0 aliphatic carbocycles. The van der Waals surface area contributed by atoms with Gasteiger partial charge < -0.3 is 9.72 Å². The molecular weight excluding hydrogens is 264 g/mol. The number of nitrogens with zero attached hydrogens (tertiary/aromatic N) is 1. The maximum Gasteiger partial charge on any atom is 0.328 e. The third-order valence-electron chi connectivity index (χ3n) is 2.43. The molecule has 0 aromatic carbocycles. The predicted octanol–water partition coefficient (Wildman–Crippen LogP) is 0.478. The molecule has 2 heterocycles. The second-order valence-corrected chi connectivity index (χ2v) is 4.35. The van der Waals surface area contributed by atoms with E-state index in [0.717, 1.165) is 12.8 Å². The van der Waals surface area contributed by atoms with Crippen LogP contribution < -0.4 is 11.2 Å². The lowest BCUT2D eigenvalue weighted by Gasteiger charge is -2.10. The Morgan fingerprint density at radius 3 is 3.07 bits per heavy atom. The van der Waals surface area contributed by atoms with Gasteiger partial charge in [0, 0.05) is 12.8 Å². The fourth-order valence-corrected chi connectivity index (χ4v) is 1.97. The van der Waals surface area contributed by atoms with Crippen LogP contribution in [0.2, 0.25) is 0 Å². The normalized spacial score (nSPS) is 20.7. The van der Waals surface area contributed by atoms with Crippen LogP contribution in [0.15, 0.2) is 20.3 Å². The highest BCUT2D eigenvalue weighted by atomic mass is 79.9. The number of rotatable bonds is 2. The zero-order valence-electron chi connectivity index (χ0n) is 8.03. The zero-order valence-corrected chi connectivity index (χ0v) is 9.62. The molecule has 1 N–H and O–H groups in total. The summed E-state index contributed by atoms with van der Waals surface area (Å²) in [7, 11) is 0. The molecule has 82 valence electrons. The molecule has 0 saturated carbocycles. The maximum absolute atomic E-state index is 11.6. The Balaban J connectivity index is 2.30. The Morgan fingerprint density at radius 1 is 1.60 bits per heavy atom. The molecule has 0 radical (unpaired) electrons. The zero-order chi connectivity index (χ0) is 10.8. The van der Waals surface area contributed by atoms with Gasteiger partial charge in [0.2, 0.25) is 0 Å². The highest BCUT2D eigenvalue weighted by Gasteiger charge is 2.18. The fraction of sp³-hybridized carbons (Fsp3) is 0.556. The lowest BCUT2D eigenvalue weighted by molar-refractivity contribution is 0.0949. The Bertz CT molecular complexity index is 459. The molecule has 1 fully saturated rings. The Kier molecular flexibility index (Phi) is 3.06. The largest absolute Gasteiger partial charge is 0.376 e. The van der Waals surface area contributed by atoms with Crippen molar-refractivity contribution in [2.24, 2.45) is 0 Å². The van der Waals surface area contributed by atoms with Crippen molar-refractivity contribution in [3.05, 3.63) is 31.5 Å². The molecule has 1 aromatic rings. The van der Waals surface area contributed by atoms with E-state index in [1.54, 1.807) is 0 Å². The predicted molar refractivity (Wildman–Crippen MR) is 58.0 cm³/mol. The second-order valence-electron chi connectivity index (χ2n) is 3.49. The van der Waals surface area contributed by atoms with Gasteiger partial charge in [-0.25, -0.2) is 4.79 Å². The molecule has 1 aliphatic heterocycles. The SMILES string of the molecule is O=c1[nH]cc(Br)c(=O)n1CC1CCCO1. The summed E-state index contributed by atoms with van der Waals surface area (Å²) in [6, 6.07) is 0. The van der Waals surface area contributed by atoms with Crippen LogP contribution in [0.25, 0.3) is 0 Å². The minimum absolute atomic E-state index is 0.0156. The van der Waals surface area contributed by atoms with E-state index in [9.17, 15) is 9.59 Å². The monoisotopic (exact) mass is 274 g/mol. The van der Waals surface area contributed by atoms with E-state index >= 15 is 0 Å². The summed E-state index contributed by atoms with van der Waals surface area (Å²) in [6.45, 7) is 1.04. The smallest absolute Gasteiger partial charge is 0.328 e. The number of aromatic amines is 1. The number of hydrogen-bond donors (Lipinski definition) is 1. The second kappa shape index (κ2) is 4.32. The third kappa shape index (κ3) is 2.21. The molecule has 0 spiro atoms. The molecule has 6 heteroatoms. The van der Waals surface area contributed by atoms with Crippen LogP contribution in [-0.4, -0.2) is 22.3 Å². The van der Waals surface area contributed by atoms with Gasteiger partial charge >= 0.3 is 5.69 Å². The summed E-state index contributed by atoms with van der Waals surface area (Å²) >= 11 is 3.09. The Morgan fingerprint density at radius 2 is 2.40 bits per heavy atom. The van der Waals surface area contributed by atoms with E-state index in [0.29, 0.717) is 17.6 Å². The van der Waals surface area contributed by atoms with E-state index in [1.807, 2.05) is 0 Å². The molecule has 1 saturated heterocycles. The molecular formula is C9H11BrN2O3. The van der Waals surface area contributed by atoms with Crippen molar-refractivity contribution in [2.75, 3.05) is 6.61 Å². The number of aromatic nitrogens is 2. The summed E-state index contributed by atoms with van der Waals surface area (Å²) in [5.74, 6) is 0. The average Bonchev–Trinajstić information content (AvgIpc) is 2.71. The van der Waals surface area contributed by atoms with Gasteiger partial charge in [-0.2, -0.15) is 0 Å². The lowest BCUT2D eigenvalue weighted by atomic mass is 10.2. The third-order valence-corrected chi connectivity index (χ3v) is 3.00. The van der Waals surface area contributed by atoms with Crippen molar-refractivity contribution in [1.29, 1.82) is 0 Å². The molecule has 0 amide bonds. The van der Waals surface area contributed by atoms with Gasteiger partial charge in [-0.1, -0.05) is 0 Å². The van der Waals surface area contributed by atoms with Crippen LogP contribution in [0.5, 0.6) is 0 Å². The minimum Gasteiger partial charge on any atom is -0.376 e. The summed E-state index contributed by atoms with van der Waals surface area (Å²) in [5.41, 5.74) is -0.701. The summed E-state index contributed by atoms with van der Waals surface area (Å²) < 4.78 is 6.91. The first kappa shape index (κ1) is 10.6. The first-order valence-electron chi connectivity index (χ1n) is 4.78. The first-order valence-corrected chi connectivity index (χ1v) is 5.57. The summed E-state index contributed by atoms with van der Waals surface area (Å²) in [5, 5.41) is 0. The van der Waals surface area contributed by atoms with Crippen LogP contribution in [-0.2, 0) is 11.3 Å². The van der Waals surface area contributed by atoms with E-state index < -0.39 is 5.69 Å². The van der Waals surface area contributed by atoms with Gasteiger partial charge in [-0.3, -0.25) is 9.36 Å². The molecule has 5 nitrogen and oxygen atoms in total. The molecule has 1 atom stereocenters. The Hall–Kier alpha value is -0.880. The van der Waals surface area contributed by atoms with Crippen molar-refractivity contribution in [1.82, 2.24) is 9.55 Å².